The van der Waals surface area contributed by atoms with Crippen molar-refractivity contribution < 1.29 is 23.5 Å². The molecule has 3 N–H and O–H groups in total. The largest absolute Gasteiger partial charge is 0.444 e. The second-order valence-corrected chi connectivity index (χ2v) is 7.26. The average Bonchev–Trinajstić information content (AvgIpc) is 2.58. The van der Waals surface area contributed by atoms with Crippen LogP contribution < -0.4 is 11.1 Å². The number of hydrogen-bond acceptors (Lipinski definition) is 5. The Hall–Kier alpha value is -2.84. The Morgan fingerprint density at radius 1 is 1.15 bits per heavy atom. The van der Waals surface area contributed by atoms with Gasteiger partial charge in [-0.15, -0.1) is 0 Å². The highest BCUT2D eigenvalue weighted by Gasteiger charge is 2.27. The lowest BCUT2D eigenvalue weighted by atomic mass is 10.2. The molecule has 1 aromatic carbocycles. The van der Waals surface area contributed by atoms with Crippen LogP contribution in [0.25, 0.3) is 0 Å². The maximum atomic E-state index is 13.7. The summed E-state index contributed by atoms with van der Waals surface area (Å²) in [5.74, 6) is -1.76. The van der Waals surface area contributed by atoms with Crippen molar-refractivity contribution in [2.45, 2.75) is 26.4 Å². The number of piperazine rings is 1. The molecule has 0 aromatic heterocycles. The van der Waals surface area contributed by atoms with Crippen LogP contribution in [0.4, 0.5) is 14.9 Å². The van der Waals surface area contributed by atoms with E-state index >= 15 is 0 Å². The minimum Gasteiger partial charge on any atom is -0.444 e. The van der Waals surface area contributed by atoms with E-state index in [0.717, 1.165) is 6.07 Å². The number of rotatable bonds is 4. The molecule has 0 saturated carbocycles. The number of halogens is 1. The van der Waals surface area contributed by atoms with Gasteiger partial charge in [0.05, 0.1) is 12.1 Å². The third-order valence-electron chi connectivity index (χ3n) is 3.96. The number of amides is 3. The highest BCUT2D eigenvalue weighted by atomic mass is 19.1. The fourth-order valence-electron chi connectivity index (χ4n) is 2.58. The van der Waals surface area contributed by atoms with Crippen LogP contribution in [-0.4, -0.2) is 66.0 Å². The zero-order valence-corrected chi connectivity index (χ0v) is 15.8. The van der Waals surface area contributed by atoms with Crippen LogP contribution in [0, 0.1) is 5.82 Å². The SMILES string of the molecule is CC(C)(C)OC(=O)N1CCN(C(=O)CNc2ccc(C(N)=O)c(F)c2)CC1. The van der Waals surface area contributed by atoms with Crippen molar-refractivity contribution in [1.29, 1.82) is 0 Å². The normalized spacial score (nSPS) is 14.7. The van der Waals surface area contributed by atoms with Crippen molar-refractivity contribution in [1.82, 2.24) is 9.80 Å². The van der Waals surface area contributed by atoms with Crippen LogP contribution in [-0.2, 0) is 9.53 Å². The van der Waals surface area contributed by atoms with Gasteiger partial charge in [-0.3, -0.25) is 9.59 Å². The number of nitrogens with two attached hydrogens (primary N) is 1. The number of carbonyl (C=O) groups is 3. The van der Waals surface area contributed by atoms with Crippen LogP contribution in [0.15, 0.2) is 18.2 Å². The maximum Gasteiger partial charge on any atom is 0.410 e. The number of hydrogen-bond donors (Lipinski definition) is 2. The zero-order chi connectivity index (χ0) is 20.2. The summed E-state index contributed by atoms with van der Waals surface area (Å²) in [7, 11) is 0. The minimum atomic E-state index is -0.849. The van der Waals surface area contributed by atoms with E-state index in [0.29, 0.717) is 31.9 Å². The molecule has 2 rings (SSSR count). The zero-order valence-electron chi connectivity index (χ0n) is 15.8. The lowest BCUT2D eigenvalue weighted by molar-refractivity contribution is -0.131. The highest BCUT2D eigenvalue weighted by molar-refractivity contribution is 5.93. The Bertz CT molecular complexity index is 725. The van der Waals surface area contributed by atoms with Gasteiger partial charge in [0.15, 0.2) is 0 Å². The fourth-order valence-corrected chi connectivity index (χ4v) is 2.58. The van der Waals surface area contributed by atoms with Gasteiger partial charge in [-0.1, -0.05) is 0 Å². The lowest BCUT2D eigenvalue weighted by Crippen LogP contribution is -2.52. The third kappa shape index (κ3) is 5.83. The van der Waals surface area contributed by atoms with Crippen LogP contribution in [0.3, 0.4) is 0 Å². The lowest BCUT2D eigenvalue weighted by Gasteiger charge is -2.35. The standard InChI is InChI=1S/C18H25FN4O4/c1-18(2,3)27-17(26)23-8-6-22(7-9-23)15(24)11-21-12-4-5-13(16(20)25)14(19)10-12/h4-5,10,21H,6-9,11H2,1-3H3,(H2,20,25). The minimum absolute atomic E-state index is 0.0260. The summed E-state index contributed by atoms with van der Waals surface area (Å²) < 4.78 is 19.0. The maximum absolute atomic E-state index is 13.7. The van der Waals surface area contributed by atoms with E-state index < -0.39 is 23.4 Å². The number of ether oxygens (including phenoxy) is 1. The molecule has 1 saturated heterocycles. The molecule has 3 amide bonds. The molecule has 1 heterocycles. The van der Waals surface area contributed by atoms with E-state index in [2.05, 4.69) is 5.32 Å². The second-order valence-electron chi connectivity index (χ2n) is 7.26. The quantitative estimate of drug-likeness (QED) is 0.822. The van der Waals surface area contributed by atoms with Crippen LogP contribution in [0.1, 0.15) is 31.1 Å². The molecule has 0 aliphatic carbocycles. The van der Waals surface area contributed by atoms with Crippen molar-refractivity contribution in [3.8, 4) is 0 Å². The van der Waals surface area contributed by atoms with E-state index in [4.69, 9.17) is 10.5 Å². The molecule has 0 bridgehead atoms. The summed E-state index contributed by atoms with van der Waals surface area (Å²) in [6, 6.07) is 3.87. The molecule has 0 atom stereocenters. The van der Waals surface area contributed by atoms with E-state index in [1.54, 1.807) is 30.6 Å². The van der Waals surface area contributed by atoms with Gasteiger partial charge in [0.25, 0.3) is 5.91 Å². The van der Waals surface area contributed by atoms with Crippen molar-refractivity contribution >= 4 is 23.6 Å². The van der Waals surface area contributed by atoms with Gasteiger partial charge in [-0.25, -0.2) is 9.18 Å². The van der Waals surface area contributed by atoms with Gasteiger partial charge < -0.3 is 25.6 Å². The molecule has 27 heavy (non-hydrogen) atoms. The molecular formula is C18H25FN4O4. The summed E-state index contributed by atoms with van der Waals surface area (Å²) >= 11 is 0. The Balaban J connectivity index is 1.82. The smallest absolute Gasteiger partial charge is 0.410 e. The number of anilines is 1. The van der Waals surface area contributed by atoms with Gasteiger partial charge in [0, 0.05) is 31.9 Å². The molecular weight excluding hydrogens is 355 g/mol. The first kappa shape index (κ1) is 20.5. The fraction of sp³-hybridized carbons (Fsp3) is 0.500. The van der Waals surface area contributed by atoms with E-state index in [1.165, 1.54) is 12.1 Å². The van der Waals surface area contributed by atoms with E-state index in [1.807, 2.05) is 0 Å². The molecule has 1 aliphatic rings. The molecule has 0 radical (unpaired) electrons. The van der Waals surface area contributed by atoms with Gasteiger partial charge in [-0.05, 0) is 39.0 Å². The summed E-state index contributed by atoms with van der Waals surface area (Å²) in [6.45, 7) is 6.95. The Kier molecular flexibility index (Phi) is 6.24. The highest BCUT2D eigenvalue weighted by Crippen LogP contribution is 2.15. The molecule has 9 heteroatoms. The number of carbonyl (C=O) groups excluding carboxylic acids is 3. The number of nitrogens with one attached hydrogen (secondary N) is 1. The topological polar surface area (TPSA) is 105 Å². The Morgan fingerprint density at radius 2 is 1.74 bits per heavy atom. The van der Waals surface area contributed by atoms with Gasteiger partial charge in [0.2, 0.25) is 5.91 Å². The molecule has 8 nitrogen and oxygen atoms in total. The average molecular weight is 380 g/mol. The van der Waals surface area contributed by atoms with Crippen molar-refractivity contribution in [2.24, 2.45) is 5.73 Å². The first-order valence-electron chi connectivity index (χ1n) is 8.66. The van der Waals surface area contributed by atoms with Crippen LogP contribution in [0.5, 0.6) is 0 Å². The molecule has 148 valence electrons. The predicted octanol–water partition coefficient (Wildman–Crippen LogP) is 1.42. The van der Waals surface area contributed by atoms with Gasteiger partial charge in [0.1, 0.15) is 11.4 Å². The number of benzene rings is 1. The number of nitrogens with zero attached hydrogens (tertiary/aromatic N) is 2. The van der Waals surface area contributed by atoms with Crippen molar-refractivity contribution in [3.63, 3.8) is 0 Å². The van der Waals surface area contributed by atoms with Gasteiger partial charge in [-0.2, -0.15) is 0 Å². The summed E-state index contributed by atoms with van der Waals surface area (Å²) in [6.07, 6.45) is -0.391. The third-order valence-corrected chi connectivity index (χ3v) is 3.96. The second kappa shape index (κ2) is 8.24. The summed E-state index contributed by atoms with van der Waals surface area (Å²) in [4.78, 5) is 38.5. The van der Waals surface area contributed by atoms with Crippen LogP contribution in [0.2, 0.25) is 0 Å². The Morgan fingerprint density at radius 3 is 2.26 bits per heavy atom. The molecule has 0 unspecified atom stereocenters. The van der Waals surface area contributed by atoms with Gasteiger partial charge >= 0.3 is 6.09 Å². The molecule has 0 spiro atoms. The first-order chi connectivity index (χ1) is 12.6. The molecule has 1 fully saturated rings. The number of primary amides is 1. The summed E-state index contributed by atoms with van der Waals surface area (Å²) in [5.41, 5.74) is 4.66. The van der Waals surface area contributed by atoms with Crippen LogP contribution >= 0.6 is 0 Å². The van der Waals surface area contributed by atoms with Crippen molar-refractivity contribution in [2.75, 3.05) is 38.0 Å². The first-order valence-corrected chi connectivity index (χ1v) is 8.66. The molecule has 1 aromatic rings. The van der Waals surface area contributed by atoms with E-state index in [9.17, 15) is 18.8 Å². The summed E-state index contributed by atoms with van der Waals surface area (Å²) in [5, 5.41) is 2.83. The Labute approximate surface area is 157 Å². The predicted molar refractivity (Wildman–Crippen MR) is 97.8 cm³/mol. The van der Waals surface area contributed by atoms with Crippen molar-refractivity contribution in [3.05, 3.63) is 29.6 Å². The monoisotopic (exact) mass is 380 g/mol. The molecule has 1 aliphatic heterocycles. The van der Waals surface area contributed by atoms with E-state index in [-0.39, 0.29) is 18.0 Å².